The Morgan fingerprint density at radius 2 is 1.27 bits per heavy atom. The SMILES string of the molecule is C=C1C=CC=CC1SC1C=CC=CC1=C. The van der Waals surface area contributed by atoms with E-state index in [0.29, 0.717) is 10.5 Å². The first-order valence-electron chi connectivity index (χ1n) is 5.00. The normalized spacial score (nSPS) is 28.8. The molecule has 0 aromatic rings. The van der Waals surface area contributed by atoms with Crippen LogP contribution in [-0.2, 0) is 0 Å². The number of hydrogen-bond acceptors (Lipinski definition) is 1. The summed E-state index contributed by atoms with van der Waals surface area (Å²) in [5, 5.41) is 0.765. The lowest BCUT2D eigenvalue weighted by molar-refractivity contribution is 1.24. The first kappa shape index (κ1) is 10.3. The predicted octanol–water partition coefficient (Wildman–Crippen LogP) is 3.82. The Labute approximate surface area is 95.5 Å². The smallest absolute Gasteiger partial charge is 0.0483 e. The first-order valence-corrected chi connectivity index (χ1v) is 5.94. The average molecular weight is 214 g/mol. The van der Waals surface area contributed by atoms with Crippen LogP contribution in [0.2, 0.25) is 0 Å². The summed E-state index contributed by atoms with van der Waals surface area (Å²) in [5.74, 6) is 0. The van der Waals surface area contributed by atoms with Gasteiger partial charge in [-0.2, -0.15) is 0 Å². The summed E-state index contributed by atoms with van der Waals surface area (Å²) in [6.07, 6.45) is 16.7. The van der Waals surface area contributed by atoms with E-state index in [1.54, 1.807) is 0 Å². The maximum atomic E-state index is 4.06. The third-order valence-corrected chi connectivity index (χ3v) is 3.94. The lowest BCUT2D eigenvalue weighted by atomic mass is 10.1. The van der Waals surface area contributed by atoms with Gasteiger partial charge in [0, 0.05) is 10.5 Å². The van der Waals surface area contributed by atoms with Crippen LogP contribution in [0.3, 0.4) is 0 Å². The molecule has 0 N–H and O–H groups in total. The first-order chi connectivity index (χ1) is 7.27. The van der Waals surface area contributed by atoms with Crippen molar-refractivity contribution in [3.63, 3.8) is 0 Å². The molecule has 0 fully saturated rings. The molecule has 15 heavy (non-hydrogen) atoms. The van der Waals surface area contributed by atoms with Crippen LogP contribution >= 0.6 is 11.8 Å². The Hall–Kier alpha value is -1.21. The Kier molecular flexibility index (Phi) is 3.12. The molecule has 0 bridgehead atoms. The maximum absolute atomic E-state index is 4.06. The van der Waals surface area contributed by atoms with Crippen molar-refractivity contribution >= 4 is 11.8 Å². The molecule has 2 aliphatic carbocycles. The van der Waals surface area contributed by atoms with Crippen molar-refractivity contribution < 1.29 is 0 Å². The molecular weight excluding hydrogens is 200 g/mol. The van der Waals surface area contributed by atoms with Crippen LogP contribution in [0.15, 0.2) is 72.9 Å². The lowest BCUT2D eigenvalue weighted by Crippen LogP contribution is -2.11. The van der Waals surface area contributed by atoms with Gasteiger partial charge in [0.15, 0.2) is 0 Å². The molecule has 1 heteroatoms. The highest BCUT2D eigenvalue weighted by Crippen LogP contribution is 2.32. The van der Waals surface area contributed by atoms with Gasteiger partial charge in [-0.15, -0.1) is 11.8 Å². The van der Waals surface area contributed by atoms with Gasteiger partial charge in [-0.25, -0.2) is 0 Å². The number of allylic oxidation sites excluding steroid dienone is 6. The predicted molar refractivity (Wildman–Crippen MR) is 70.0 cm³/mol. The second-order valence-electron chi connectivity index (χ2n) is 3.62. The summed E-state index contributed by atoms with van der Waals surface area (Å²) in [5.41, 5.74) is 2.33. The Balaban J connectivity index is 2.03. The van der Waals surface area contributed by atoms with Crippen LogP contribution in [0.4, 0.5) is 0 Å². The van der Waals surface area contributed by atoms with Crippen molar-refractivity contribution in [1.29, 1.82) is 0 Å². The van der Waals surface area contributed by atoms with Gasteiger partial charge >= 0.3 is 0 Å². The maximum Gasteiger partial charge on any atom is 0.0483 e. The summed E-state index contributed by atoms with van der Waals surface area (Å²) in [4.78, 5) is 0. The zero-order valence-electron chi connectivity index (χ0n) is 8.60. The van der Waals surface area contributed by atoms with Crippen molar-refractivity contribution in [2.24, 2.45) is 0 Å². The minimum absolute atomic E-state index is 0.382. The fourth-order valence-corrected chi connectivity index (χ4v) is 2.73. The van der Waals surface area contributed by atoms with Gasteiger partial charge in [-0.3, -0.25) is 0 Å². The third-order valence-electron chi connectivity index (χ3n) is 2.44. The molecule has 2 unspecified atom stereocenters. The second-order valence-corrected chi connectivity index (χ2v) is 4.90. The minimum Gasteiger partial charge on any atom is -0.137 e. The summed E-state index contributed by atoms with van der Waals surface area (Å²) in [7, 11) is 0. The van der Waals surface area contributed by atoms with E-state index in [4.69, 9.17) is 0 Å². The highest BCUT2D eigenvalue weighted by Gasteiger charge is 2.17. The molecule has 0 amide bonds. The van der Waals surface area contributed by atoms with Crippen LogP contribution in [0, 0.1) is 0 Å². The van der Waals surface area contributed by atoms with E-state index in [1.165, 1.54) is 11.1 Å². The quantitative estimate of drug-likeness (QED) is 0.673. The summed E-state index contributed by atoms with van der Waals surface area (Å²) in [6, 6.07) is 0. The Bertz CT molecular complexity index is 356. The molecule has 0 saturated carbocycles. The van der Waals surface area contributed by atoms with Gasteiger partial charge in [0.05, 0.1) is 0 Å². The van der Waals surface area contributed by atoms with Crippen molar-refractivity contribution in [2.75, 3.05) is 0 Å². The molecule has 0 aromatic heterocycles. The average Bonchev–Trinajstić information content (AvgIpc) is 2.24. The van der Waals surface area contributed by atoms with Crippen LogP contribution < -0.4 is 0 Å². The largest absolute Gasteiger partial charge is 0.137 e. The number of hydrogen-bond donors (Lipinski definition) is 0. The van der Waals surface area contributed by atoms with E-state index in [2.05, 4.69) is 49.6 Å². The van der Waals surface area contributed by atoms with Gasteiger partial charge in [-0.1, -0.05) is 61.8 Å². The molecule has 0 nitrogen and oxygen atoms in total. The molecule has 0 saturated heterocycles. The van der Waals surface area contributed by atoms with E-state index >= 15 is 0 Å². The van der Waals surface area contributed by atoms with Crippen LogP contribution in [0.25, 0.3) is 0 Å². The zero-order valence-corrected chi connectivity index (χ0v) is 9.41. The fraction of sp³-hybridized carbons (Fsp3) is 0.143. The van der Waals surface area contributed by atoms with E-state index < -0.39 is 0 Å². The zero-order chi connectivity index (χ0) is 10.7. The molecule has 2 rings (SSSR count). The van der Waals surface area contributed by atoms with Gasteiger partial charge < -0.3 is 0 Å². The van der Waals surface area contributed by atoms with E-state index in [1.807, 2.05) is 23.9 Å². The van der Waals surface area contributed by atoms with Crippen LogP contribution in [-0.4, -0.2) is 10.5 Å². The van der Waals surface area contributed by atoms with E-state index in [0.717, 1.165) is 0 Å². The molecule has 76 valence electrons. The van der Waals surface area contributed by atoms with Gasteiger partial charge in [0.1, 0.15) is 0 Å². The summed E-state index contributed by atoms with van der Waals surface area (Å²) in [6.45, 7) is 8.11. The topological polar surface area (TPSA) is 0 Å². The van der Waals surface area contributed by atoms with Crippen molar-refractivity contribution in [1.82, 2.24) is 0 Å². The third kappa shape index (κ3) is 2.42. The number of rotatable bonds is 2. The van der Waals surface area contributed by atoms with Crippen molar-refractivity contribution in [3.8, 4) is 0 Å². The summed E-state index contributed by atoms with van der Waals surface area (Å²) >= 11 is 1.88. The highest BCUT2D eigenvalue weighted by molar-refractivity contribution is 8.01. The summed E-state index contributed by atoms with van der Waals surface area (Å²) < 4.78 is 0. The molecule has 0 radical (unpaired) electrons. The fourth-order valence-electron chi connectivity index (χ4n) is 1.55. The van der Waals surface area contributed by atoms with Crippen molar-refractivity contribution in [3.05, 3.63) is 72.9 Å². The van der Waals surface area contributed by atoms with Gasteiger partial charge in [0.2, 0.25) is 0 Å². The van der Waals surface area contributed by atoms with Gasteiger partial charge in [-0.05, 0) is 11.1 Å². The Morgan fingerprint density at radius 1 is 0.800 bits per heavy atom. The van der Waals surface area contributed by atoms with Crippen molar-refractivity contribution in [2.45, 2.75) is 10.5 Å². The molecule has 0 spiro atoms. The minimum atomic E-state index is 0.382. The molecule has 0 aliphatic heterocycles. The lowest BCUT2D eigenvalue weighted by Gasteiger charge is -2.22. The molecule has 2 atom stereocenters. The molecular formula is C14H14S. The standard InChI is InChI=1S/C14H14S/c1-11-7-3-5-9-13(11)15-14-10-6-4-8-12(14)2/h3-10,13-14H,1-2H2. The Morgan fingerprint density at radius 3 is 1.67 bits per heavy atom. The molecule has 2 aliphatic rings. The van der Waals surface area contributed by atoms with E-state index in [-0.39, 0.29) is 0 Å². The number of thioether (sulfide) groups is 1. The van der Waals surface area contributed by atoms with Gasteiger partial charge in [0.25, 0.3) is 0 Å². The van der Waals surface area contributed by atoms with Crippen LogP contribution in [0.5, 0.6) is 0 Å². The highest BCUT2D eigenvalue weighted by atomic mass is 32.2. The monoisotopic (exact) mass is 214 g/mol. The molecule has 0 aromatic carbocycles. The second kappa shape index (κ2) is 4.54. The van der Waals surface area contributed by atoms with Crippen LogP contribution in [0.1, 0.15) is 0 Å². The van der Waals surface area contributed by atoms with E-state index in [9.17, 15) is 0 Å². The molecule has 0 heterocycles.